The van der Waals surface area contributed by atoms with Gasteiger partial charge in [0.2, 0.25) is 0 Å². The molecule has 2 atom stereocenters. The Morgan fingerprint density at radius 3 is 0.877 bits per heavy atom. The van der Waals surface area contributed by atoms with Crippen molar-refractivity contribution >= 4 is 17.9 Å². The normalized spacial score (nSPS) is 12.5. The Kier molecular flexibility index (Phi) is 50.5. The molecule has 0 bridgehead atoms. The summed E-state index contributed by atoms with van der Waals surface area (Å²) in [6.45, 7) is 11.4. The van der Waals surface area contributed by atoms with E-state index < -0.39 is 6.10 Å². The molecule has 0 radical (unpaired) electrons. The molecular weight excluding hydrogens is 805 g/mol. The Bertz CT molecular complexity index is 995. The van der Waals surface area contributed by atoms with Gasteiger partial charge in [-0.3, -0.25) is 14.4 Å². The standard InChI is InChI=1S/C59H114O6/c1-6-8-9-10-11-12-13-14-22-25-28-34-39-44-49-57(60)63-52-56(65-59(62)51-46-41-36-31-30-33-38-43-48-55(5)7-2)53-64-58(61)50-45-40-35-29-26-23-20-18-16-15-17-19-21-24-27-32-37-42-47-54(3)4/h54-56H,6-53H2,1-5H3/t55?,56-/m0/s1. The van der Waals surface area contributed by atoms with Gasteiger partial charge in [-0.2, -0.15) is 0 Å². The van der Waals surface area contributed by atoms with E-state index >= 15 is 0 Å². The van der Waals surface area contributed by atoms with Gasteiger partial charge in [-0.1, -0.05) is 291 Å². The Hall–Kier alpha value is -1.59. The van der Waals surface area contributed by atoms with Crippen molar-refractivity contribution in [3.63, 3.8) is 0 Å². The highest BCUT2D eigenvalue weighted by atomic mass is 16.6. The van der Waals surface area contributed by atoms with Crippen molar-refractivity contribution in [3.05, 3.63) is 0 Å². The molecule has 0 amide bonds. The van der Waals surface area contributed by atoms with Crippen LogP contribution in [0.5, 0.6) is 0 Å². The first-order chi connectivity index (χ1) is 31.8. The Morgan fingerprint density at radius 2 is 0.585 bits per heavy atom. The van der Waals surface area contributed by atoms with Crippen LogP contribution >= 0.6 is 0 Å². The lowest BCUT2D eigenvalue weighted by Crippen LogP contribution is -2.30. The fourth-order valence-corrected chi connectivity index (χ4v) is 9.02. The first kappa shape index (κ1) is 63.4. The van der Waals surface area contributed by atoms with Crippen LogP contribution in [-0.4, -0.2) is 37.2 Å². The molecule has 0 saturated carbocycles. The third kappa shape index (κ3) is 51.6. The quantitative estimate of drug-likeness (QED) is 0.0344. The topological polar surface area (TPSA) is 78.9 Å². The van der Waals surface area contributed by atoms with Crippen LogP contribution in [0.15, 0.2) is 0 Å². The van der Waals surface area contributed by atoms with Crippen LogP contribution in [-0.2, 0) is 28.6 Å². The first-order valence-electron chi connectivity index (χ1n) is 29.3. The van der Waals surface area contributed by atoms with Gasteiger partial charge in [0.05, 0.1) is 0 Å². The lowest BCUT2D eigenvalue weighted by Gasteiger charge is -2.18. The largest absolute Gasteiger partial charge is 0.462 e. The molecule has 0 aliphatic heterocycles. The maximum atomic E-state index is 12.8. The minimum atomic E-state index is -0.763. The number of carbonyl (C=O) groups is 3. The summed E-state index contributed by atoms with van der Waals surface area (Å²) in [5, 5.41) is 0. The van der Waals surface area contributed by atoms with Gasteiger partial charge in [0.25, 0.3) is 0 Å². The highest BCUT2D eigenvalue weighted by Gasteiger charge is 2.19. The summed E-state index contributed by atoms with van der Waals surface area (Å²) in [5.74, 6) is 0.863. The Morgan fingerprint density at radius 1 is 0.323 bits per heavy atom. The Balaban J connectivity index is 4.23. The molecule has 6 heteroatoms. The molecule has 0 aliphatic rings. The summed E-state index contributed by atoms with van der Waals surface area (Å²) < 4.78 is 16.9. The molecule has 0 heterocycles. The van der Waals surface area contributed by atoms with E-state index in [1.165, 1.54) is 218 Å². The zero-order valence-electron chi connectivity index (χ0n) is 44.6. The van der Waals surface area contributed by atoms with E-state index in [-0.39, 0.29) is 31.1 Å². The summed E-state index contributed by atoms with van der Waals surface area (Å²) >= 11 is 0. The highest BCUT2D eigenvalue weighted by molar-refractivity contribution is 5.71. The number of hydrogen-bond acceptors (Lipinski definition) is 6. The molecule has 386 valence electrons. The fourth-order valence-electron chi connectivity index (χ4n) is 9.02. The lowest BCUT2D eigenvalue weighted by atomic mass is 9.99. The summed E-state index contributed by atoms with van der Waals surface area (Å²) in [7, 11) is 0. The molecule has 0 rings (SSSR count). The molecule has 0 aromatic heterocycles. The van der Waals surface area contributed by atoms with Gasteiger partial charge in [0, 0.05) is 19.3 Å². The van der Waals surface area contributed by atoms with E-state index in [1.807, 2.05) is 0 Å². The van der Waals surface area contributed by atoms with Crippen LogP contribution in [0.2, 0.25) is 0 Å². The summed E-state index contributed by atoms with van der Waals surface area (Å²) in [5.41, 5.74) is 0. The second kappa shape index (κ2) is 51.8. The van der Waals surface area contributed by atoms with E-state index in [1.54, 1.807) is 0 Å². The summed E-state index contributed by atoms with van der Waals surface area (Å²) in [4.78, 5) is 38.1. The first-order valence-corrected chi connectivity index (χ1v) is 29.3. The van der Waals surface area contributed by atoms with Gasteiger partial charge < -0.3 is 14.2 Å². The number of ether oxygens (including phenoxy) is 3. The van der Waals surface area contributed by atoms with E-state index in [9.17, 15) is 14.4 Å². The minimum absolute atomic E-state index is 0.0631. The van der Waals surface area contributed by atoms with Crippen molar-refractivity contribution in [2.75, 3.05) is 13.2 Å². The summed E-state index contributed by atoms with van der Waals surface area (Å²) in [6, 6.07) is 0. The highest BCUT2D eigenvalue weighted by Crippen LogP contribution is 2.19. The fraction of sp³-hybridized carbons (Fsp3) is 0.949. The number of carbonyl (C=O) groups excluding carboxylic acids is 3. The molecule has 0 fully saturated rings. The van der Waals surface area contributed by atoms with Crippen LogP contribution in [0.1, 0.15) is 330 Å². The smallest absolute Gasteiger partial charge is 0.306 e. The lowest BCUT2D eigenvalue weighted by molar-refractivity contribution is -0.167. The zero-order valence-corrected chi connectivity index (χ0v) is 44.6. The third-order valence-corrected chi connectivity index (χ3v) is 13.8. The van der Waals surface area contributed by atoms with Crippen LogP contribution in [0.4, 0.5) is 0 Å². The average Bonchev–Trinajstić information content (AvgIpc) is 3.29. The van der Waals surface area contributed by atoms with Gasteiger partial charge in [-0.05, 0) is 31.1 Å². The molecule has 6 nitrogen and oxygen atoms in total. The second-order valence-corrected chi connectivity index (χ2v) is 21.0. The molecule has 0 spiro atoms. The molecular formula is C59H114O6. The predicted octanol–water partition coefficient (Wildman–Crippen LogP) is 19.3. The predicted molar refractivity (Wildman–Crippen MR) is 280 cm³/mol. The molecule has 0 N–H and O–H groups in total. The van der Waals surface area contributed by atoms with Crippen LogP contribution in [0.25, 0.3) is 0 Å². The maximum absolute atomic E-state index is 12.8. The minimum Gasteiger partial charge on any atom is -0.462 e. The Labute approximate surface area is 406 Å². The summed E-state index contributed by atoms with van der Waals surface area (Å²) in [6.07, 6.45) is 55.2. The monoisotopic (exact) mass is 919 g/mol. The van der Waals surface area contributed by atoms with Gasteiger partial charge in [0.1, 0.15) is 13.2 Å². The average molecular weight is 920 g/mol. The number of rotatable bonds is 53. The molecule has 0 aromatic rings. The molecule has 0 saturated heterocycles. The van der Waals surface area contributed by atoms with Crippen molar-refractivity contribution < 1.29 is 28.6 Å². The van der Waals surface area contributed by atoms with Gasteiger partial charge in [0.15, 0.2) is 6.10 Å². The number of hydrogen-bond donors (Lipinski definition) is 0. The van der Waals surface area contributed by atoms with E-state index in [4.69, 9.17) is 14.2 Å². The van der Waals surface area contributed by atoms with Gasteiger partial charge in [-0.15, -0.1) is 0 Å². The molecule has 1 unspecified atom stereocenters. The van der Waals surface area contributed by atoms with Gasteiger partial charge in [-0.25, -0.2) is 0 Å². The SMILES string of the molecule is CCCCCCCCCCCCCCCCC(=O)OC[C@@H](COC(=O)CCCCCCCCCCCCCCCCCCCCC(C)C)OC(=O)CCCCCCCCCCC(C)CC. The number of esters is 3. The van der Waals surface area contributed by atoms with Crippen molar-refractivity contribution in [3.8, 4) is 0 Å². The van der Waals surface area contributed by atoms with Crippen LogP contribution < -0.4 is 0 Å². The number of unbranched alkanes of at least 4 members (excludes halogenated alkanes) is 37. The third-order valence-electron chi connectivity index (χ3n) is 13.8. The molecule has 65 heavy (non-hydrogen) atoms. The second-order valence-electron chi connectivity index (χ2n) is 21.0. The van der Waals surface area contributed by atoms with E-state index in [2.05, 4.69) is 34.6 Å². The zero-order chi connectivity index (χ0) is 47.5. The molecule has 0 aliphatic carbocycles. The van der Waals surface area contributed by atoms with Crippen molar-refractivity contribution in [1.29, 1.82) is 0 Å². The maximum Gasteiger partial charge on any atom is 0.306 e. The van der Waals surface area contributed by atoms with Gasteiger partial charge >= 0.3 is 17.9 Å². The van der Waals surface area contributed by atoms with Crippen molar-refractivity contribution in [2.24, 2.45) is 11.8 Å². The van der Waals surface area contributed by atoms with Crippen molar-refractivity contribution in [2.45, 2.75) is 336 Å². The van der Waals surface area contributed by atoms with Crippen molar-refractivity contribution in [1.82, 2.24) is 0 Å². The molecule has 0 aromatic carbocycles. The van der Waals surface area contributed by atoms with E-state index in [0.29, 0.717) is 19.3 Å². The van der Waals surface area contributed by atoms with E-state index in [0.717, 1.165) is 69.6 Å². The van der Waals surface area contributed by atoms with Crippen LogP contribution in [0, 0.1) is 11.8 Å². The van der Waals surface area contributed by atoms with Crippen LogP contribution in [0.3, 0.4) is 0 Å².